The van der Waals surface area contributed by atoms with Gasteiger partial charge in [0, 0.05) is 35.7 Å². The van der Waals surface area contributed by atoms with Crippen molar-refractivity contribution in [3.8, 4) is 0 Å². The molecule has 0 unspecified atom stereocenters. The molecule has 2 aromatic carbocycles. The first-order valence-electron chi connectivity index (χ1n) is 6.72. The summed E-state index contributed by atoms with van der Waals surface area (Å²) in [4.78, 5) is 12.4. The van der Waals surface area contributed by atoms with Crippen molar-refractivity contribution in [1.29, 1.82) is 0 Å². The van der Waals surface area contributed by atoms with E-state index in [-0.39, 0.29) is 5.91 Å². The van der Waals surface area contributed by atoms with Gasteiger partial charge in [-0.05, 0) is 23.8 Å². The van der Waals surface area contributed by atoms with Gasteiger partial charge in [0.25, 0.3) is 5.91 Å². The largest absolute Gasteiger partial charge is 0.350 e. The summed E-state index contributed by atoms with van der Waals surface area (Å²) in [6.45, 7) is 0.461. The van der Waals surface area contributed by atoms with Crippen LogP contribution in [0.4, 0.5) is 0 Å². The Morgan fingerprint density at radius 2 is 2.00 bits per heavy atom. The fourth-order valence-corrected chi connectivity index (χ4v) is 2.66. The maximum Gasteiger partial charge on any atom is 0.253 e. The van der Waals surface area contributed by atoms with Crippen LogP contribution in [0.25, 0.3) is 10.9 Å². The highest BCUT2D eigenvalue weighted by atomic mass is 35.5. The minimum absolute atomic E-state index is 0.0771. The number of carbonyl (C=O) groups excluding carboxylic acids is 1. The van der Waals surface area contributed by atoms with E-state index in [1.54, 1.807) is 0 Å². The van der Waals surface area contributed by atoms with Crippen molar-refractivity contribution in [2.45, 2.75) is 6.54 Å². The second-order valence-electron chi connectivity index (χ2n) is 4.98. The highest BCUT2D eigenvalue weighted by Crippen LogP contribution is 2.20. The molecular formula is C17H15ClN2O. The molecule has 0 aliphatic rings. The molecule has 21 heavy (non-hydrogen) atoms. The Bertz CT molecular complexity index is 807. The lowest BCUT2D eigenvalue weighted by Crippen LogP contribution is -2.22. The molecule has 0 atom stereocenters. The van der Waals surface area contributed by atoms with E-state index in [2.05, 4.69) is 5.32 Å². The summed E-state index contributed by atoms with van der Waals surface area (Å²) in [5.41, 5.74) is 2.72. The molecule has 0 spiro atoms. The molecule has 1 aromatic heterocycles. The fraction of sp³-hybridized carbons (Fsp3) is 0.118. The third-order valence-corrected chi connectivity index (χ3v) is 3.72. The number of carbonyl (C=O) groups is 1. The number of hydrogen-bond donors (Lipinski definition) is 1. The lowest BCUT2D eigenvalue weighted by molar-refractivity contribution is 0.0952. The van der Waals surface area contributed by atoms with Crippen LogP contribution in [0.2, 0.25) is 5.02 Å². The molecule has 0 saturated carbocycles. The van der Waals surface area contributed by atoms with Crippen LogP contribution in [0.15, 0.2) is 54.7 Å². The van der Waals surface area contributed by atoms with Crippen molar-refractivity contribution in [1.82, 2.24) is 9.88 Å². The number of hydrogen-bond acceptors (Lipinski definition) is 1. The molecular weight excluding hydrogens is 284 g/mol. The van der Waals surface area contributed by atoms with E-state index < -0.39 is 0 Å². The van der Waals surface area contributed by atoms with E-state index in [1.165, 1.54) is 0 Å². The maximum absolute atomic E-state index is 12.4. The Morgan fingerprint density at radius 1 is 1.19 bits per heavy atom. The minimum atomic E-state index is -0.0771. The Hall–Kier alpha value is -2.26. The molecule has 1 heterocycles. The molecule has 0 aliphatic heterocycles. The molecule has 0 fully saturated rings. The van der Waals surface area contributed by atoms with Crippen molar-refractivity contribution in [2.75, 3.05) is 0 Å². The molecule has 4 heteroatoms. The summed E-state index contributed by atoms with van der Waals surface area (Å²) in [7, 11) is 1.94. The maximum atomic E-state index is 12.4. The molecule has 3 nitrogen and oxygen atoms in total. The summed E-state index contributed by atoms with van der Waals surface area (Å²) in [5.74, 6) is -0.0771. The average molecular weight is 299 g/mol. The third kappa shape index (κ3) is 2.78. The zero-order valence-electron chi connectivity index (χ0n) is 11.6. The van der Waals surface area contributed by atoms with Gasteiger partial charge in [-0.25, -0.2) is 0 Å². The average Bonchev–Trinajstić information content (AvgIpc) is 2.83. The minimum Gasteiger partial charge on any atom is -0.350 e. The van der Waals surface area contributed by atoms with Gasteiger partial charge in [-0.2, -0.15) is 0 Å². The molecule has 0 aliphatic carbocycles. The molecule has 106 valence electrons. The van der Waals surface area contributed by atoms with Gasteiger partial charge in [0.05, 0.1) is 5.56 Å². The van der Waals surface area contributed by atoms with Crippen LogP contribution in [-0.4, -0.2) is 10.5 Å². The zero-order valence-corrected chi connectivity index (χ0v) is 12.4. The number of para-hydroxylation sites is 1. The molecule has 3 rings (SSSR count). The van der Waals surface area contributed by atoms with E-state index >= 15 is 0 Å². The SMILES string of the molecule is Cn1cc(C(=O)NCc2cccc(Cl)c2)c2ccccc21. The third-order valence-electron chi connectivity index (χ3n) is 3.48. The Balaban J connectivity index is 1.81. The Morgan fingerprint density at radius 3 is 2.81 bits per heavy atom. The van der Waals surface area contributed by atoms with Crippen molar-refractivity contribution in [3.05, 3.63) is 70.9 Å². The molecule has 0 saturated heterocycles. The number of nitrogens with zero attached hydrogens (tertiary/aromatic N) is 1. The van der Waals surface area contributed by atoms with Crippen LogP contribution < -0.4 is 5.32 Å². The van der Waals surface area contributed by atoms with Crippen molar-refractivity contribution < 1.29 is 4.79 Å². The van der Waals surface area contributed by atoms with Gasteiger partial charge in [-0.1, -0.05) is 41.9 Å². The smallest absolute Gasteiger partial charge is 0.253 e. The number of aryl methyl sites for hydroxylation is 1. The number of rotatable bonds is 3. The number of benzene rings is 2. The number of aromatic nitrogens is 1. The standard InChI is InChI=1S/C17H15ClN2O/c1-20-11-15(14-7-2-3-8-16(14)20)17(21)19-10-12-5-4-6-13(18)9-12/h2-9,11H,10H2,1H3,(H,19,21). The van der Waals surface area contributed by atoms with E-state index in [1.807, 2.05) is 66.3 Å². The van der Waals surface area contributed by atoms with Crippen molar-refractivity contribution in [2.24, 2.45) is 7.05 Å². The van der Waals surface area contributed by atoms with Crippen LogP contribution in [0.3, 0.4) is 0 Å². The van der Waals surface area contributed by atoms with Gasteiger partial charge >= 0.3 is 0 Å². The molecule has 0 bridgehead atoms. The fourth-order valence-electron chi connectivity index (χ4n) is 2.45. The highest BCUT2D eigenvalue weighted by molar-refractivity contribution is 6.30. The normalized spacial score (nSPS) is 10.8. The van der Waals surface area contributed by atoms with Crippen LogP contribution in [0.1, 0.15) is 15.9 Å². The van der Waals surface area contributed by atoms with Crippen molar-refractivity contribution in [3.63, 3.8) is 0 Å². The van der Waals surface area contributed by atoms with Gasteiger partial charge in [-0.15, -0.1) is 0 Å². The summed E-state index contributed by atoms with van der Waals surface area (Å²) < 4.78 is 1.96. The second-order valence-corrected chi connectivity index (χ2v) is 5.42. The van der Waals surface area contributed by atoms with Gasteiger partial charge in [0.2, 0.25) is 0 Å². The number of nitrogens with one attached hydrogen (secondary N) is 1. The van der Waals surface area contributed by atoms with Crippen LogP contribution in [0.5, 0.6) is 0 Å². The Kier molecular flexibility index (Phi) is 3.67. The van der Waals surface area contributed by atoms with Crippen molar-refractivity contribution >= 4 is 28.4 Å². The van der Waals surface area contributed by atoms with E-state index in [0.29, 0.717) is 17.1 Å². The second kappa shape index (κ2) is 5.62. The van der Waals surface area contributed by atoms with Gasteiger partial charge < -0.3 is 9.88 Å². The summed E-state index contributed by atoms with van der Waals surface area (Å²) in [6.07, 6.45) is 1.86. The van der Waals surface area contributed by atoms with E-state index in [0.717, 1.165) is 16.5 Å². The summed E-state index contributed by atoms with van der Waals surface area (Å²) in [6, 6.07) is 15.4. The quantitative estimate of drug-likeness (QED) is 0.785. The highest BCUT2D eigenvalue weighted by Gasteiger charge is 2.13. The summed E-state index contributed by atoms with van der Waals surface area (Å²) >= 11 is 5.94. The number of fused-ring (bicyclic) bond motifs is 1. The molecule has 1 amide bonds. The van der Waals surface area contributed by atoms with Gasteiger partial charge in [0.1, 0.15) is 0 Å². The molecule has 1 N–H and O–H groups in total. The first kappa shape index (κ1) is 13.7. The van der Waals surface area contributed by atoms with Gasteiger partial charge in [-0.3, -0.25) is 4.79 Å². The lowest BCUT2D eigenvalue weighted by Gasteiger charge is -2.05. The van der Waals surface area contributed by atoms with Crippen LogP contribution in [-0.2, 0) is 13.6 Å². The predicted octanol–water partition coefficient (Wildman–Crippen LogP) is 3.76. The Labute approximate surface area is 128 Å². The van der Waals surface area contributed by atoms with Crippen LogP contribution >= 0.6 is 11.6 Å². The monoisotopic (exact) mass is 298 g/mol. The number of halogens is 1. The van der Waals surface area contributed by atoms with Gasteiger partial charge in [0.15, 0.2) is 0 Å². The summed E-state index contributed by atoms with van der Waals surface area (Å²) in [5, 5.41) is 4.57. The molecule has 3 aromatic rings. The zero-order chi connectivity index (χ0) is 14.8. The van der Waals surface area contributed by atoms with Crippen LogP contribution in [0, 0.1) is 0 Å². The first-order valence-corrected chi connectivity index (χ1v) is 7.09. The van der Waals surface area contributed by atoms with E-state index in [4.69, 9.17) is 11.6 Å². The van der Waals surface area contributed by atoms with E-state index in [9.17, 15) is 4.79 Å². The lowest BCUT2D eigenvalue weighted by atomic mass is 10.1. The predicted molar refractivity (Wildman–Crippen MR) is 85.5 cm³/mol. The topological polar surface area (TPSA) is 34.0 Å². The molecule has 0 radical (unpaired) electrons. The first-order chi connectivity index (χ1) is 10.1. The number of amides is 1.